The van der Waals surface area contributed by atoms with E-state index in [0.29, 0.717) is 39.8 Å². The highest BCUT2D eigenvalue weighted by molar-refractivity contribution is 7.87. The summed E-state index contributed by atoms with van der Waals surface area (Å²) in [6.45, 7) is 4.09. The van der Waals surface area contributed by atoms with Crippen LogP contribution in [0.4, 0.5) is 23.1 Å². The van der Waals surface area contributed by atoms with Gasteiger partial charge in [0.15, 0.2) is 5.82 Å². The first-order valence-electron chi connectivity index (χ1n) is 9.94. The third-order valence-electron chi connectivity index (χ3n) is 4.45. The Kier molecular flexibility index (Phi) is 8.33. The summed E-state index contributed by atoms with van der Waals surface area (Å²) in [7, 11) is -1.94. The van der Waals surface area contributed by atoms with Gasteiger partial charge in [-0.1, -0.05) is 42.3 Å². The van der Waals surface area contributed by atoms with Gasteiger partial charge in [-0.15, -0.1) is 0 Å². The van der Waals surface area contributed by atoms with Gasteiger partial charge < -0.3 is 15.4 Å². The molecule has 9 nitrogen and oxygen atoms in total. The maximum atomic E-state index is 11.7. The zero-order valence-electron chi connectivity index (χ0n) is 18.2. The minimum absolute atomic E-state index is 0.168. The number of ether oxygens (including phenoxy) is 1. The van der Waals surface area contributed by atoms with Gasteiger partial charge >= 0.3 is 0 Å². The van der Waals surface area contributed by atoms with Crippen LogP contribution in [0.15, 0.2) is 42.6 Å². The van der Waals surface area contributed by atoms with Crippen molar-refractivity contribution < 1.29 is 13.2 Å². The molecule has 3 rings (SSSR count). The Labute approximate surface area is 203 Å². The number of hydrogen-bond acceptors (Lipinski definition) is 7. The summed E-state index contributed by atoms with van der Waals surface area (Å²) in [4.78, 5) is 8.65. The molecule has 0 amide bonds. The SMILES string of the molecule is CCNS(=O)(=O)NCc1ccc(Nc2nc(Nc3cc(C)c(OC)c(Cl)c3)ncc2Cl)cc1. The van der Waals surface area contributed by atoms with Crippen LogP contribution in [0.5, 0.6) is 5.75 Å². The average molecular weight is 511 g/mol. The number of nitrogens with zero attached hydrogens (tertiary/aromatic N) is 2. The highest BCUT2D eigenvalue weighted by atomic mass is 35.5. The van der Waals surface area contributed by atoms with Crippen LogP contribution >= 0.6 is 23.2 Å². The fraction of sp³-hybridized carbons (Fsp3) is 0.238. The standard InChI is InChI=1S/C21H24Cl2N6O3S/c1-4-25-33(30,31)26-11-14-5-7-15(8-6-14)27-20-18(23)12-24-21(29-20)28-16-9-13(2)19(32-3)17(22)10-16/h5-10,12,25-26H,4,11H2,1-3H3,(H2,24,27,28,29). The number of nitrogens with one attached hydrogen (secondary N) is 4. The minimum Gasteiger partial charge on any atom is -0.495 e. The lowest BCUT2D eigenvalue weighted by atomic mass is 10.2. The van der Waals surface area contributed by atoms with Crippen molar-refractivity contribution in [3.8, 4) is 5.75 Å². The number of aryl methyl sites for hydroxylation is 1. The molecule has 3 aromatic rings. The van der Waals surface area contributed by atoms with Crippen molar-refractivity contribution in [2.24, 2.45) is 0 Å². The van der Waals surface area contributed by atoms with Gasteiger partial charge in [0.2, 0.25) is 5.95 Å². The zero-order chi connectivity index (χ0) is 24.0. The third-order valence-corrected chi connectivity index (χ3v) is 6.20. The van der Waals surface area contributed by atoms with Crippen molar-refractivity contribution in [1.82, 2.24) is 19.4 Å². The van der Waals surface area contributed by atoms with E-state index >= 15 is 0 Å². The Morgan fingerprint density at radius 1 is 1.00 bits per heavy atom. The van der Waals surface area contributed by atoms with E-state index in [1.165, 1.54) is 6.20 Å². The molecule has 0 aliphatic rings. The number of anilines is 4. The van der Waals surface area contributed by atoms with E-state index in [2.05, 4.69) is 30.0 Å². The number of halogens is 2. The molecule has 4 N–H and O–H groups in total. The molecular weight excluding hydrogens is 487 g/mol. The quantitative estimate of drug-likeness (QED) is 0.316. The Bertz CT molecular complexity index is 1200. The van der Waals surface area contributed by atoms with Crippen LogP contribution in [-0.4, -0.2) is 32.0 Å². The summed E-state index contributed by atoms with van der Waals surface area (Å²) in [6.07, 6.45) is 1.49. The van der Waals surface area contributed by atoms with Crippen LogP contribution in [0.1, 0.15) is 18.1 Å². The van der Waals surface area contributed by atoms with Gasteiger partial charge in [-0.2, -0.15) is 18.1 Å². The Hall–Kier alpha value is -2.63. The topological polar surface area (TPSA) is 117 Å². The van der Waals surface area contributed by atoms with Gasteiger partial charge in [-0.05, 0) is 42.3 Å². The van der Waals surface area contributed by atoms with Gasteiger partial charge in [0.1, 0.15) is 10.8 Å². The van der Waals surface area contributed by atoms with Gasteiger partial charge in [-0.3, -0.25) is 0 Å². The first kappa shape index (κ1) is 25.0. The summed E-state index contributed by atoms with van der Waals surface area (Å²) in [6, 6.07) is 10.8. The van der Waals surface area contributed by atoms with Gasteiger partial charge in [0, 0.05) is 24.5 Å². The lowest BCUT2D eigenvalue weighted by molar-refractivity contribution is 0.412. The van der Waals surface area contributed by atoms with Crippen LogP contribution in [0.25, 0.3) is 0 Å². The lowest BCUT2D eigenvalue weighted by Gasteiger charge is -2.13. The average Bonchev–Trinajstić information content (AvgIpc) is 2.75. The molecule has 0 unspecified atom stereocenters. The molecule has 0 spiro atoms. The molecule has 0 bridgehead atoms. The highest BCUT2D eigenvalue weighted by Crippen LogP contribution is 2.33. The van der Waals surface area contributed by atoms with Crippen molar-refractivity contribution >= 4 is 56.6 Å². The first-order chi connectivity index (χ1) is 15.7. The predicted octanol–water partition coefficient (Wildman–Crippen LogP) is 4.53. The van der Waals surface area contributed by atoms with Crippen LogP contribution < -0.4 is 24.8 Å². The molecule has 176 valence electrons. The first-order valence-corrected chi connectivity index (χ1v) is 12.2. The molecule has 33 heavy (non-hydrogen) atoms. The molecule has 1 aromatic heterocycles. The van der Waals surface area contributed by atoms with E-state index in [1.54, 1.807) is 44.4 Å². The minimum atomic E-state index is -3.51. The summed E-state index contributed by atoms with van der Waals surface area (Å²) in [5.74, 6) is 1.35. The molecule has 0 aliphatic heterocycles. The summed E-state index contributed by atoms with van der Waals surface area (Å²) in [5.41, 5.74) is 3.09. The largest absolute Gasteiger partial charge is 0.495 e. The molecule has 2 aromatic carbocycles. The fourth-order valence-corrected chi connectivity index (χ4v) is 4.29. The second kappa shape index (κ2) is 11.0. The molecule has 0 saturated heterocycles. The second-order valence-corrected chi connectivity index (χ2v) is 9.37. The molecule has 12 heteroatoms. The number of aromatic nitrogens is 2. The van der Waals surface area contributed by atoms with E-state index in [0.717, 1.165) is 16.8 Å². The smallest absolute Gasteiger partial charge is 0.277 e. The molecule has 0 saturated carbocycles. The summed E-state index contributed by atoms with van der Waals surface area (Å²) < 4.78 is 33.5. The van der Waals surface area contributed by atoms with E-state index in [9.17, 15) is 8.42 Å². The maximum Gasteiger partial charge on any atom is 0.277 e. The number of rotatable bonds is 10. The van der Waals surface area contributed by atoms with E-state index < -0.39 is 10.2 Å². The van der Waals surface area contributed by atoms with Crippen LogP contribution in [0.3, 0.4) is 0 Å². The summed E-state index contributed by atoms with van der Waals surface area (Å²) in [5, 5.41) is 7.06. The van der Waals surface area contributed by atoms with Gasteiger partial charge in [0.05, 0.1) is 18.3 Å². The number of benzene rings is 2. The Morgan fingerprint density at radius 2 is 1.73 bits per heavy atom. The lowest BCUT2D eigenvalue weighted by Crippen LogP contribution is -2.35. The molecule has 0 fully saturated rings. The molecular formula is C21H24Cl2N6O3S. The molecule has 0 radical (unpaired) electrons. The highest BCUT2D eigenvalue weighted by Gasteiger charge is 2.11. The molecule has 0 aliphatic carbocycles. The monoisotopic (exact) mass is 510 g/mol. The third kappa shape index (κ3) is 6.92. The number of hydrogen-bond donors (Lipinski definition) is 4. The Morgan fingerprint density at radius 3 is 2.36 bits per heavy atom. The van der Waals surface area contributed by atoms with E-state index in [-0.39, 0.29) is 6.54 Å². The van der Waals surface area contributed by atoms with Crippen molar-refractivity contribution in [3.63, 3.8) is 0 Å². The maximum absolute atomic E-state index is 11.7. The van der Waals surface area contributed by atoms with Crippen molar-refractivity contribution in [2.75, 3.05) is 24.3 Å². The fourth-order valence-electron chi connectivity index (χ4n) is 2.97. The second-order valence-electron chi connectivity index (χ2n) is 6.97. The van der Waals surface area contributed by atoms with E-state index in [1.807, 2.05) is 13.0 Å². The van der Waals surface area contributed by atoms with E-state index in [4.69, 9.17) is 27.9 Å². The zero-order valence-corrected chi connectivity index (χ0v) is 20.6. The van der Waals surface area contributed by atoms with Gasteiger partial charge in [-0.25, -0.2) is 9.71 Å². The Balaban J connectivity index is 1.70. The van der Waals surface area contributed by atoms with Crippen LogP contribution in [0, 0.1) is 6.92 Å². The van der Waals surface area contributed by atoms with Gasteiger partial charge in [0.25, 0.3) is 10.2 Å². The van der Waals surface area contributed by atoms with Crippen LogP contribution in [0.2, 0.25) is 10.0 Å². The van der Waals surface area contributed by atoms with Crippen molar-refractivity contribution in [2.45, 2.75) is 20.4 Å². The number of methoxy groups -OCH3 is 1. The predicted molar refractivity (Wildman–Crippen MR) is 132 cm³/mol. The molecule has 1 heterocycles. The molecule has 0 atom stereocenters. The van der Waals surface area contributed by atoms with Crippen molar-refractivity contribution in [1.29, 1.82) is 0 Å². The summed E-state index contributed by atoms with van der Waals surface area (Å²) >= 11 is 12.5. The van der Waals surface area contributed by atoms with Crippen LogP contribution in [-0.2, 0) is 16.8 Å². The van der Waals surface area contributed by atoms with Crippen molar-refractivity contribution in [3.05, 3.63) is 63.8 Å². The normalized spacial score (nSPS) is 11.3.